The summed E-state index contributed by atoms with van der Waals surface area (Å²) < 4.78 is 11.4. The van der Waals surface area contributed by atoms with E-state index in [1.165, 1.54) is 0 Å². The van der Waals surface area contributed by atoms with Crippen molar-refractivity contribution in [1.29, 1.82) is 0 Å². The van der Waals surface area contributed by atoms with Crippen LogP contribution in [0.1, 0.15) is 26.7 Å². The quantitative estimate of drug-likeness (QED) is 0.407. The molecule has 0 bridgehead atoms. The molecule has 104 valence electrons. The van der Waals surface area contributed by atoms with Crippen LogP contribution in [-0.4, -0.2) is 35.0 Å². The molecular weight excluding hydrogens is 244 g/mol. The van der Waals surface area contributed by atoms with E-state index >= 15 is 0 Å². The van der Waals surface area contributed by atoms with Crippen molar-refractivity contribution in [3.8, 4) is 0 Å². The number of rotatable bonds is 0. The molecule has 4 fully saturated rings. The van der Waals surface area contributed by atoms with Gasteiger partial charge in [0.2, 0.25) is 0 Å². The molecule has 4 nitrogen and oxygen atoms in total. The Balaban J connectivity index is 1.78. The summed E-state index contributed by atoms with van der Waals surface area (Å²) in [5, 5.41) is 10.4. The van der Waals surface area contributed by atoms with Crippen LogP contribution in [0, 0.1) is 23.7 Å². The molecule has 2 aliphatic heterocycles. The molecule has 0 spiro atoms. The zero-order valence-electron chi connectivity index (χ0n) is 11.3. The highest BCUT2D eigenvalue weighted by Crippen LogP contribution is 2.63. The molecule has 2 saturated heterocycles. The number of ether oxygens (including phenoxy) is 2. The van der Waals surface area contributed by atoms with E-state index in [4.69, 9.17) is 9.47 Å². The molecule has 0 amide bonds. The lowest BCUT2D eigenvalue weighted by atomic mass is 9.77. The van der Waals surface area contributed by atoms with Gasteiger partial charge in [0, 0.05) is 11.8 Å². The summed E-state index contributed by atoms with van der Waals surface area (Å²) in [5.74, 6) is -0.0208. The molecular formula is C15H20O4. The number of hydrogen-bond acceptors (Lipinski definition) is 4. The molecule has 0 aromatic carbocycles. The standard InChI is InChI=1S/C15H20O4/c1-6-4-9(16)11-7(2)14(17)18-13(11)12-8(6)5-10-15(12,3)19-10/h7-13,16H,1,4-5H2,2-3H3. The number of esters is 1. The first kappa shape index (κ1) is 11.9. The summed E-state index contributed by atoms with van der Waals surface area (Å²) in [5.41, 5.74) is 0.928. The third kappa shape index (κ3) is 1.34. The van der Waals surface area contributed by atoms with Crippen LogP contribution in [0.25, 0.3) is 0 Å². The van der Waals surface area contributed by atoms with E-state index in [1.54, 1.807) is 0 Å². The van der Waals surface area contributed by atoms with Crippen molar-refractivity contribution in [2.75, 3.05) is 0 Å². The normalized spacial score (nSPS) is 59.0. The second-order valence-corrected chi connectivity index (χ2v) is 6.86. The first-order valence-corrected chi connectivity index (χ1v) is 7.17. The third-order valence-corrected chi connectivity index (χ3v) is 5.92. The first-order chi connectivity index (χ1) is 8.93. The minimum Gasteiger partial charge on any atom is -0.461 e. The van der Waals surface area contributed by atoms with Crippen molar-refractivity contribution in [3.63, 3.8) is 0 Å². The van der Waals surface area contributed by atoms with E-state index in [2.05, 4.69) is 13.5 Å². The highest BCUT2D eigenvalue weighted by atomic mass is 16.6. The number of carbonyl (C=O) groups excluding carboxylic acids is 1. The number of carbonyl (C=O) groups is 1. The lowest BCUT2D eigenvalue weighted by molar-refractivity contribution is -0.147. The van der Waals surface area contributed by atoms with E-state index < -0.39 is 6.10 Å². The van der Waals surface area contributed by atoms with Gasteiger partial charge < -0.3 is 14.6 Å². The minimum atomic E-state index is -0.523. The number of hydrogen-bond donors (Lipinski definition) is 1. The minimum absolute atomic E-state index is 0.112. The molecule has 2 saturated carbocycles. The van der Waals surface area contributed by atoms with E-state index in [0.717, 1.165) is 12.0 Å². The Hall–Kier alpha value is -0.870. The fourth-order valence-electron chi connectivity index (χ4n) is 4.78. The molecule has 0 radical (unpaired) electrons. The highest BCUT2D eigenvalue weighted by Gasteiger charge is 2.71. The summed E-state index contributed by atoms with van der Waals surface area (Å²) in [6.45, 7) is 8.14. The van der Waals surface area contributed by atoms with Crippen molar-refractivity contribution < 1.29 is 19.4 Å². The number of aliphatic hydroxyl groups is 1. The van der Waals surface area contributed by atoms with Crippen LogP contribution >= 0.6 is 0 Å². The van der Waals surface area contributed by atoms with Crippen molar-refractivity contribution in [2.45, 2.75) is 50.6 Å². The summed E-state index contributed by atoms with van der Waals surface area (Å²) in [7, 11) is 0. The van der Waals surface area contributed by atoms with Gasteiger partial charge in [-0.1, -0.05) is 19.1 Å². The molecule has 4 heteroatoms. The predicted molar refractivity (Wildman–Crippen MR) is 67.2 cm³/mol. The second kappa shape index (κ2) is 3.41. The number of fused-ring (bicyclic) bond motifs is 5. The van der Waals surface area contributed by atoms with Crippen LogP contribution in [0.4, 0.5) is 0 Å². The predicted octanol–water partition coefficient (Wildman–Crippen LogP) is 1.28. The summed E-state index contributed by atoms with van der Waals surface area (Å²) in [6.07, 6.45) is 1.10. The van der Waals surface area contributed by atoms with Crippen molar-refractivity contribution in [2.24, 2.45) is 23.7 Å². The maximum Gasteiger partial charge on any atom is 0.309 e. The molecule has 0 aromatic rings. The van der Waals surface area contributed by atoms with Gasteiger partial charge in [-0.2, -0.15) is 0 Å². The van der Waals surface area contributed by atoms with Crippen LogP contribution in [0.3, 0.4) is 0 Å². The average molecular weight is 264 g/mol. The van der Waals surface area contributed by atoms with Gasteiger partial charge in [0.25, 0.3) is 0 Å². The van der Waals surface area contributed by atoms with E-state index in [0.29, 0.717) is 12.3 Å². The largest absolute Gasteiger partial charge is 0.461 e. The average Bonchev–Trinajstić information content (AvgIpc) is 2.79. The van der Waals surface area contributed by atoms with Gasteiger partial charge in [-0.25, -0.2) is 0 Å². The van der Waals surface area contributed by atoms with Crippen molar-refractivity contribution in [3.05, 3.63) is 12.2 Å². The van der Waals surface area contributed by atoms with Crippen LogP contribution in [0.2, 0.25) is 0 Å². The Morgan fingerprint density at radius 3 is 2.95 bits per heavy atom. The maximum absolute atomic E-state index is 11.9. The lowest BCUT2D eigenvalue weighted by Crippen LogP contribution is -2.40. The molecule has 8 atom stereocenters. The fraction of sp³-hybridized carbons (Fsp3) is 0.800. The number of epoxide rings is 1. The Morgan fingerprint density at radius 2 is 2.21 bits per heavy atom. The van der Waals surface area contributed by atoms with Gasteiger partial charge in [0.1, 0.15) is 6.10 Å². The molecule has 0 aromatic heterocycles. The molecule has 4 aliphatic rings. The lowest BCUT2D eigenvalue weighted by Gasteiger charge is -2.31. The van der Waals surface area contributed by atoms with E-state index in [-0.39, 0.29) is 41.5 Å². The third-order valence-electron chi connectivity index (χ3n) is 5.92. The van der Waals surface area contributed by atoms with E-state index in [9.17, 15) is 9.90 Å². The van der Waals surface area contributed by atoms with Gasteiger partial charge in [0.05, 0.1) is 23.7 Å². The smallest absolute Gasteiger partial charge is 0.309 e. The SMILES string of the molecule is C=C1CC(O)C2C(C)C(=O)OC2C2C1CC1OC12C. The Morgan fingerprint density at radius 1 is 1.47 bits per heavy atom. The van der Waals surface area contributed by atoms with Gasteiger partial charge in [-0.05, 0) is 25.7 Å². The Labute approximate surface area is 112 Å². The van der Waals surface area contributed by atoms with Gasteiger partial charge in [-0.3, -0.25) is 4.79 Å². The van der Waals surface area contributed by atoms with Crippen LogP contribution in [0.15, 0.2) is 12.2 Å². The van der Waals surface area contributed by atoms with E-state index in [1.807, 2.05) is 6.92 Å². The van der Waals surface area contributed by atoms with Crippen LogP contribution in [0.5, 0.6) is 0 Å². The van der Waals surface area contributed by atoms with Gasteiger partial charge in [-0.15, -0.1) is 0 Å². The fourth-order valence-corrected chi connectivity index (χ4v) is 4.78. The molecule has 2 heterocycles. The van der Waals surface area contributed by atoms with Crippen LogP contribution < -0.4 is 0 Å². The monoisotopic (exact) mass is 264 g/mol. The Kier molecular flexibility index (Phi) is 2.14. The molecule has 1 N–H and O–H groups in total. The zero-order valence-corrected chi connectivity index (χ0v) is 11.3. The number of aliphatic hydroxyl groups excluding tert-OH is 1. The van der Waals surface area contributed by atoms with Crippen molar-refractivity contribution in [1.82, 2.24) is 0 Å². The molecule has 8 unspecified atom stereocenters. The topological polar surface area (TPSA) is 59.1 Å². The molecule has 2 aliphatic carbocycles. The second-order valence-electron chi connectivity index (χ2n) is 6.86. The maximum atomic E-state index is 11.9. The molecule has 4 rings (SSSR count). The summed E-state index contributed by atoms with van der Waals surface area (Å²) in [6, 6.07) is 0. The zero-order chi connectivity index (χ0) is 13.5. The first-order valence-electron chi connectivity index (χ1n) is 7.17. The summed E-state index contributed by atoms with van der Waals surface area (Å²) in [4.78, 5) is 11.9. The van der Waals surface area contributed by atoms with Crippen LogP contribution in [-0.2, 0) is 14.3 Å². The summed E-state index contributed by atoms with van der Waals surface area (Å²) >= 11 is 0. The Bertz CT molecular complexity index is 473. The van der Waals surface area contributed by atoms with Crippen molar-refractivity contribution >= 4 is 5.97 Å². The van der Waals surface area contributed by atoms with Gasteiger partial charge in [0.15, 0.2) is 0 Å². The van der Waals surface area contributed by atoms with Gasteiger partial charge >= 0.3 is 5.97 Å². The highest BCUT2D eigenvalue weighted by molar-refractivity contribution is 5.75. The molecule has 19 heavy (non-hydrogen) atoms.